The quantitative estimate of drug-likeness (QED) is 0.880. The number of hydrogen-bond acceptors (Lipinski definition) is 1. The maximum Gasteiger partial charge on any atom is 0.224 e. The fourth-order valence-electron chi connectivity index (χ4n) is 2.52. The lowest BCUT2D eigenvalue weighted by molar-refractivity contribution is -0.120. The molecule has 0 bridgehead atoms. The first-order valence-electron chi connectivity index (χ1n) is 6.47. The molecule has 1 heterocycles. The summed E-state index contributed by atoms with van der Waals surface area (Å²) in [5.74, 6) is 0.794. The monoisotopic (exact) mass is 242 g/mol. The van der Waals surface area contributed by atoms with Crippen LogP contribution in [0.5, 0.6) is 0 Å². The molecule has 94 valence electrons. The number of amides is 1. The molecule has 0 aliphatic heterocycles. The van der Waals surface area contributed by atoms with Crippen molar-refractivity contribution >= 4 is 16.8 Å². The molecule has 3 nitrogen and oxygen atoms in total. The van der Waals surface area contributed by atoms with Crippen LogP contribution in [0.1, 0.15) is 18.9 Å². The van der Waals surface area contributed by atoms with E-state index in [0.717, 1.165) is 12.0 Å². The van der Waals surface area contributed by atoms with Crippen molar-refractivity contribution in [3.8, 4) is 0 Å². The molecule has 3 rings (SSSR count). The summed E-state index contributed by atoms with van der Waals surface area (Å²) in [6, 6.07) is 8.62. The molecule has 2 aromatic rings. The Bertz CT molecular complexity index is 600. The summed E-state index contributed by atoms with van der Waals surface area (Å²) < 4.78 is 2.08. The van der Waals surface area contributed by atoms with Crippen molar-refractivity contribution in [3.05, 3.63) is 36.0 Å². The molecule has 0 spiro atoms. The van der Waals surface area contributed by atoms with E-state index in [2.05, 4.69) is 35.1 Å². The van der Waals surface area contributed by atoms with Crippen LogP contribution in [0.2, 0.25) is 0 Å². The van der Waals surface area contributed by atoms with E-state index < -0.39 is 0 Å². The fourth-order valence-corrected chi connectivity index (χ4v) is 2.52. The number of para-hydroxylation sites is 1. The summed E-state index contributed by atoms with van der Waals surface area (Å²) in [5, 5.41) is 4.26. The lowest BCUT2D eigenvalue weighted by atomic mass is 10.1. The van der Waals surface area contributed by atoms with Gasteiger partial charge < -0.3 is 9.88 Å². The average Bonchev–Trinajstić information content (AvgIpc) is 2.93. The second-order valence-corrected chi connectivity index (χ2v) is 5.35. The molecule has 1 N–H and O–H groups in total. The van der Waals surface area contributed by atoms with Gasteiger partial charge in [0.2, 0.25) is 5.91 Å². The van der Waals surface area contributed by atoms with Crippen LogP contribution in [0.25, 0.3) is 10.9 Å². The highest BCUT2D eigenvalue weighted by atomic mass is 16.1. The third-order valence-electron chi connectivity index (χ3n) is 3.79. The molecule has 2 unspecified atom stereocenters. The van der Waals surface area contributed by atoms with Crippen molar-refractivity contribution < 1.29 is 4.79 Å². The Hall–Kier alpha value is -1.77. The minimum absolute atomic E-state index is 0.140. The van der Waals surface area contributed by atoms with Crippen LogP contribution in [0.3, 0.4) is 0 Å². The number of carbonyl (C=O) groups is 1. The van der Waals surface area contributed by atoms with Gasteiger partial charge >= 0.3 is 0 Å². The van der Waals surface area contributed by atoms with Gasteiger partial charge in [0.25, 0.3) is 0 Å². The van der Waals surface area contributed by atoms with Crippen LogP contribution in [0, 0.1) is 5.92 Å². The molecule has 1 amide bonds. The zero-order valence-electron chi connectivity index (χ0n) is 10.8. The van der Waals surface area contributed by atoms with Crippen LogP contribution in [0.15, 0.2) is 30.5 Å². The maximum atomic E-state index is 11.9. The summed E-state index contributed by atoms with van der Waals surface area (Å²) in [5.41, 5.74) is 2.29. The Kier molecular flexibility index (Phi) is 2.62. The second kappa shape index (κ2) is 4.16. The van der Waals surface area contributed by atoms with Crippen LogP contribution in [-0.2, 0) is 18.3 Å². The standard InChI is InChI=1S/C15H18N2O/c1-10-7-13(10)16-15(18)8-11-9-17(2)14-6-4-3-5-12(11)14/h3-6,9-10,13H,7-8H2,1-2H3,(H,16,18). The van der Waals surface area contributed by atoms with Gasteiger partial charge in [-0.2, -0.15) is 0 Å². The Labute approximate surface area is 107 Å². The molecule has 1 fully saturated rings. The van der Waals surface area contributed by atoms with Crippen molar-refractivity contribution in [2.45, 2.75) is 25.8 Å². The molecule has 1 aromatic carbocycles. The van der Waals surface area contributed by atoms with Gasteiger partial charge in [0, 0.05) is 30.2 Å². The van der Waals surface area contributed by atoms with Crippen LogP contribution < -0.4 is 5.32 Å². The number of carbonyl (C=O) groups excluding carboxylic acids is 1. The Morgan fingerprint density at radius 3 is 2.89 bits per heavy atom. The van der Waals surface area contributed by atoms with E-state index in [-0.39, 0.29) is 5.91 Å². The smallest absolute Gasteiger partial charge is 0.224 e. The molecule has 18 heavy (non-hydrogen) atoms. The van der Waals surface area contributed by atoms with E-state index >= 15 is 0 Å². The number of rotatable bonds is 3. The SMILES string of the molecule is CC1CC1NC(=O)Cc1cn(C)c2ccccc12. The first-order valence-corrected chi connectivity index (χ1v) is 6.47. The number of benzene rings is 1. The minimum atomic E-state index is 0.140. The van der Waals surface area contributed by atoms with Crippen molar-refractivity contribution in [2.24, 2.45) is 13.0 Å². The van der Waals surface area contributed by atoms with Gasteiger partial charge in [0.15, 0.2) is 0 Å². The number of nitrogens with one attached hydrogen (secondary N) is 1. The summed E-state index contributed by atoms with van der Waals surface area (Å²) in [4.78, 5) is 11.9. The van der Waals surface area contributed by atoms with Gasteiger partial charge in [-0.3, -0.25) is 4.79 Å². The molecular formula is C15H18N2O. The van der Waals surface area contributed by atoms with Crippen molar-refractivity contribution in [3.63, 3.8) is 0 Å². The van der Waals surface area contributed by atoms with E-state index in [0.29, 0.717) is 18.4 Å². The first-order chi connectivity index (χ1) is 8.65. The van der Waals surface area contributed by atoms with Gasteiger partial charge in [-0.25, -0.2) is 0 Å². The van der Waals surface area contributed by atoms with E-state index in [1.807, 2.05) is 19.2 Å². The van der Waals surface area contributed by atoms with Gasteiger partial charge in [-0.15, -0.1) is 0 Å². The van der Waals surface area contributed by atoms with Crippen molar-refractivity contribution in [1.82, 2.24) is 9.88 Å². The predicted octanol–water partition coefficient (Wildman–Crippen LogP) is 2.25. The average molecular weight is 242 g/mol. The van der Waals surface area contributed by atoms with Crippen molar-refractivity contribution in [1.29, 1.82) is 0 Å². The Morgan fingerprint density at radius 2 is 2.17 bits per heavy atom. The topological polar surface area (TPSA) is 34.0 Å². The zero-order valence-corrected chi connectivity index (χ0v) is 10.8. The third-order valence-corrected chi connectivity index (χ3v) is 3.79. The summed E-state index contributed by atoms with van der Waals surface area (Å²) in [6.07, 6.45) is 3.66. The number of aryl methyl sites for hydroxylation is 1. The third kappa shape index (κ3) is 2.01. The number of fused-ring (bicyclic) bond motifs is 1. The highest BCUT2D eigenvalue weighted by Crippen LogP contribution is 2.29. The molecule has 0 saturated heterocycles. The molecule has 2 atom stereocenters. The molecule has 1 aliphatic rings. The second-order valence-electron chi connectivity index (χ2n) is 5.35. The van der Waals surface area contributed by atoms with Crippen molar-refractivity contribution in [2.75, 3.05) is 0 Å². The summed E-state index contributed by atoms with van der Waals surface area (Å²) >= 11 is 0. The number of aromatic nitrogens is 1. The highest BCUT2D eigenvalue weighted by Gasteiger charge is 2.33. The number of hydrogen-bond donors (Lipinski definition) is 1. The van der Waals surface area contributed by atoms with Crippen LogP contribution >= 0.6 is 0 Å². The first kappa shape index (κ1) is 11.3. The molecule has 0 radical (unpaired) electrons. The normalized spacial score (nSPS) is 22.1. The van der Waals surface area contributed by atoms with Gasteiger partial charge in [-0.05, 0) is 24.0 Å². The highest BCUT2D eigenvalue weighted by molar-refractivity contribution is 5.89. The fraction of sp³-hybridized carbons (Fsp3) is 0.400. The maximum absolute atomic E-state index is 11.9. The largest absolute Gasteiger partial charge is 0.353 e. The molecule has 3 heteroatoms. The molecule has 1 saturated carbocycles. The van der Waals surface area contributed by atoms with Crippen LogP contribution in [0.4, 0.5) is 0 Å². The van der Waals surface area contributed by atoms with E-state index in [9.17, 15) is 4.79 Å². The van der Waals surface area contributed by atoms with Gasteiger partial charge in [0.05, 0.1) is 6.42 Å². The van der Waals surface area contributed by atoms with Crippen LogP contribution in [-0.4, -0.2) is 16.5 Å². The Balaban J connectivity index is 1.80. The zero-order chi connectivity index (χ0) is 12.7. The van der Waals surface area contributed by atoms with E-state index in [1.165, 1.54) is 10.9 Å². The minimum Gasteiger partial charge on any atom is -0.353 e. The number of nitrogens with zero attached hydrogens (tertiary/aromatic N) is 1. The Morgan fingerprint density at radius 1 is 1.44 bits per heavy atom. The molecular weight excluding hydrogens is 224 g/mol. The predicted molar refractivity (Wildman–Crippen MR) is 72.3 cm³/mol. The summed E-state index contributed by atoms with van der Waals surface area (Å²) in [7, 11) is 2.02. The van der Waals surface area contributed by atoms with Gasteiger partial charge in [-0.1, -0.05) is 25.1 Å². The van der Waals surface area contributed by atoms with E-state index in [1.54, 1.807) is 0 Å². The summed E-state index contributed by atoms with van der Waals surface area (Å²) in [6.45, 7) is 2.17. The molecule has 1 aromatic heterocycles. The lowest BCUT2D eigenvalue weighted by Crippen LogP contribution is -2.27. The van der Waals surface area contributed by atoms with Gasteiger partial charge in [0.1, 0.15) is 0 Å². The lowest BCUT2D eigenvalue weighted by Gasteiger charge is -2.02. The van der Waals surface area contributed by atoms with E-state index in [4.69, 9.17) is 0 Å². The molecule has 1 aliphatic carbocycles.